The first-order valence-electron chi connectivity index (χ1n) is 10.4. The zero-order valence-electron chi connectivity index (χ0n) is 17.1. The van der Waals surface area contributed by atoms with E-state index in [4.69, 9.17) is 23.2 Å². The topological polar surface area (TPSA) is 84.3 Å². The molecule has 5 rings (SSSR count). The van der Waals surface area contributed by atoms with E-state index in [1.807, 2.05) is 0 Å². The van der Waals surface area contributed by atoms with E-state index in [1.54, 1.807) is 34.1 Å². The number of rotatable bonds is 7. The minimum absolute atomic E-state index is 0.0358. The number of hydrogen-bond acceptors (Lipinski definition) is 4. The lowest BCUT2D eigenvalue weighted by atomic mass is 9.92. The molecule has 1 saturated heterocycles. The summed E-state index contributed by atoms with van der Waals surface area (Å²) in [5.41, 5.74) is 0.365. The van der Waals surface area contributed by atoms with Crippen molar-refractivity contribution in [2.45, 2.75) is 24.3 Å². The van der Waals surface area contributed by atoms with Crippen LogP contribution >= 0.6 is 23.2 Å². The number of sulfonamides is 1. The maximum absolute atomic E-state index is 12.9. The van der Waals surface area contributed by atoms with Gasteiger partial charge in [0, 0.05) is 37.9 Å². The standard InChI is InChI=1S/C21H24Cl2N4O3S/c1-26-10-19(25-12-26)31(29,30)27-8-16-17(9-27)21(16,7-13-2-3-13)11-24-20(28)15-5-4-14(22)6-18(15)23/h4-6,10,12-13,16-17H,2-3,7-9,11H2,1H3,(H,24,28). The van der Waals surface area contributed by atoms with Gasteiger partial charge in [0.25, 0.3) is 15.9 Å². The summed E-state index contributed by atoms with van der Waals surface area (Å²) in [4.78, 5) is 16.8. The Bertz CT molecular complexity index is 1130. The van der Waals surface area contributed by atoms with Gasteiger partial charge in [0.05, 0.1) is 16.9 Å². The zero-order valence-corrected chi connectivity index (χ0v) is 19.4. The molecule has 0 bridgehead atoms. The number of nitrogens with zero attached hydrogens (tertiary/aromatic N) is 3. The summed E-state index contributed by atoms with van der Waals surface area (Å²) in [5, 5.41) is 3.96. The summed E-state index contributed by atoms with van der Waals surface area (Å²) in [5.74, 6) is 0.974. The van der Waals surface area contributed by atoms with E-state index >= 15 is 0 Å². The van der Waals surface area contributed by atoms with Gasteiger partial charge in [-0.1, -0.05) is 36.0 Å². The molecule has 1 aromatic heterocycles. The molecule has 1 amide bonds. The molecule has 3 aliphatic rings. The van der Waals surface area contributed by atoms with Crippen molar-refractivity contribution in [2.24, 2.45) is 30.2 Å². The van der Waals surface area contributed by atoms with Crippen molar-refractivity contribution in [3.8, 4) is 0 Å². The minimum Gasteiger partial charge on any atom is -0.351 e. The Hall–Kier alpha value is -1.61. The Morgan fingerprint density at radius 3 is 2.55 bits per heavy atom. The molecule has 1 aliphatic heterocycles. The van der Waals surface area contributed by atoms with Gasteiger partial charge in [-0.25, -0.2) is 13.4 Å². The number of fused-ring (bicyclic) bond motifs is 1. The van der Waals surface area contributed by atoms with E-state index in [2.05, 4.69) is 10.3 Å². The maximum atomic E-state index is 12.9. The van der Waals surface area contributed by atoms with Gasteiger partial charge < -0.3 is 9.88 Å². The summed E-state index contributed by atoms with van der Waals surface area (Å²) < 4.78 is 29.0. The highest BCUT2D eigenvalue weighted by Crippen LogP contribution is 2.67. The fourth-order valence-electron chi connectivity index (χ4n) is 5.16. The molecule has 1 N–H and O–H groups in total. The fraction of sp³-hybridized carbons (Fsp3) is 0.524. The molecule has 2 saturated carbocycles. The number of amides is 1. The van der Waals surface area contributed by atoms with E-state index in [0.29, 0.717) is 41.2 Å². The highest BCUT2D eigenvalue weighted by molar-refractivity contribution is 7.89. The lowest BCUT2D eigenvalue weighted by Crippen LogP contribution is -2.39. The number of aryl methyl sites for hydroxylation is 1. The van der Waals surface area contributed by atoms with Crippen molar-refractivity contribution < 1.29 is 13.2 Å². The van der Waals surface area contributed by atoms with Crippen LogP contribution in [0, 0.1) is 23.2 Å². The van der Waals surface area contributed by atoms with Crippen LogP contribution in [0.4, 0.5) is 0 Å². The molecule has 0 radical (unpaired) electrons. The van der Waals surface area contributed by atoms with Crippen molar-refractivity contribution in [3.05, 3.63) is 46.3 Å². The Labute approximate surface area is 191 Å². The van der Waals surface area contributed by atoms with Crippen molar-refractivity contribution in [1.82, 2.24) is 19.2 Å². The molecule has 2 atom stereocenters. The largest absolute Gasteiger partial charge is 0.351 e. The molecule has 3 fully saturated rings. The van der Waals surface area contributed by atoms with Crippen LogP contribution in [0.25, 0.3) is 0 Å². The van der Waals surface area contributed by atoms with E-state index < -0.39 is 10.0 Å². The average molecular weight is 483 g/mol. The van der Waals surface area contributed by atoms with Crippen molar-refractivity contribution in [2.75, 3.05) is 19.6 Å². The molecule has 166 valence electrons. The molecular weight excluding hydrogens is 459 g/mol. The van der Waals surface area contributed by atoms with Gasteiger partial charge in [-0.2, -0.15) is 4.31 Å². The number of carbonyl (C=O) groups is 1. The summed E-state index contributed by atoms with van der Waals surface area (Å²) >= 11 is 12.1. The zero-order chi connectivity index (χ0) is 22.0. The third kappa shape index (κ3) is 3.77. The summed E-state index contributed by atoms with van der Waals surface area (Å²) in [6, 6.07) is 4.83. The highest BCUT2D eigenvalue weighted by Gasteiger charge is 2.69. The van der Waals surface area contributed by atoms with E-state index in [1.165, 1.54) is 25.4 Å². The van der Waals surface area contributed by atoms with Crippen LogP contribution in [0.3, 0.4) is 0 Å². The lowest BCUT2D eigenvalue weighted by Gasteiger charge is -2.26. The monoisotopic (exact) mass is 482 g/mol. The predicted molar refractivity (Wildman–Crippen MR) is 118 cm³/mol. The Morgan fingerprint density at radius 2 is 1.97 bits per heavy atom. The van der Waals surface area contributed by atoms with Crippen LogP contribution in [-0.2, 0) is 17.1 Å². The smallest absolute Gasteiger partial charge is 0.262 e. The van der Waals surface area contributed by atoms with Crippen LogP contribution in [0.2, 0.25) is 10.0 Å². The second kappa shape index (κ2) is 7.47. The van der Waals surface area contributed by atoms with Crippen LogP contribution in [0.1, 0.15) is 29.6 Å². The van der Waals surface area contributed by atoms with Gasteiger partial charge >= 0.3 is 0 Å². The van der Waals surface area contributed by atoms with Crippen molar-refractivity contribution in [1.29, 1.82) is 0 Å². The number of hydrogen-bond donors (Lipinski definition) is 1. The molecule has 0 spiro atoms. The maximum Gasteiger partial charge on any atom is 0.262 e. The van der Waals surface area contributed by atoms with E-state index in [-0.39, 0.29) is 28.2 Å². The van der Waals surface area contributed by atoms with Crippen LogP contribution in [0.5, 0.6) is 0 Å². The first kappa shape index (κ1) is 21.2. The Kier molecular flexibility index (Phi) is 5.12. The molecule has 1 aromatic carbocycles. The Balaban J connectivity index is 1.28. The average Bonchev–Trinajstić information content (AvgIpc) is 3.47. The molecule has 2 heterocycles. The molecule has 10 heteroatoms. The van der Waals surface area contributed by atoms with Crippen LogP contribution in [0.15, 0.2) is 35.7 Å². The summed E-state index contributed by atoms with van der Waals surface area (Å²) in [6.45, 7) is 1.50. The van der Waals surface area contributed by atoms with Crippen molar-refractivity contribution in [3.63, 3.8) is 0 Å². The predicted octanol–water partition coefficient (Wildman–Crippen LogP) is 3.19. The third-order valence-corrected chi connectivity index (χ3v) is 9.32. The SMILES string of the molecule is Cn1cnc(S(=O)(=O)N2CC3C(C2)C3(CNC(=O)c2ccc(Cl)cc2Cl)CC2CC2)c1. The van der Waals surface area contributed by atoms with Gasteiger partial charge in [0.2, 0.25) is 0 Å². The molecule has 2 unspecified atom stereocenters. The molecular formula is C21H24Cl2N4O3S. The summed E-state index contributed by atoms with van der Waals surface area (Å²) in [7, 11) is -1.83. The van der Waals surface area contributed by atoms with Gasteiger partial charge in [-0.3, -0.25) is 4.79 Å². The number of carbonyl (C=O) groups excluding carboxylic acids is 1. The number of piperidine rings is 1. The van der Waals surface area contributed by atoms with Gasteiger partial charge in [-0.05, 0) is 47.8 Å². The first-order valence-corrected chi connectivity index (χ1v) is 12.6. The number of aromatic nitrogens is 2. The minimum atomic E-state index is -3.58. The Morgan fingerprint density at radius 1 is 1.26 bits per heavy atom. The highest BCUT2D eigenvalue weighted by atomic mass is 35.5. The second-order valence-electron chi connectivity index (χ2n) is 9.10. The normalized spacial score (nSPS) is 27.8. The third-order valence-electron chi connectivity index (χ3n) is 7.06. The quantitative estimate of drug-likeness (QED) is 0.656. The van der Waals surface area contributed by atoms with Gasteiger partial charge in [-0.15, -0.1) is 0 Å². The molecule has 7 nitrogen and oxygen atoms in total. The van der Waals surface area contributed by atoms with Crippen molar-refractivity contribution >= 4 is 39.1 Å². The lowest BCUT2D eigenvalue weighted by molar-refractivity contribution is 0.0937. The van der Waals surface area contributed by atoms with Gasteiger partial charge in [0.15, 0.2) is 5.03 Å². The molecule has 2 aromatic rings. The number of imidazole rings is 1. The van der Waals surface area contributed by atoms with E-state index in [9.17, 15) is 13.2 Å². The van der Waals surface area contributed by atoms with Crippen LogP contribution in [-0.4, -0.2) is 47.8 Å². The second-order valence-corrected chi connectivity index (χ2v) is 11.8. The van der Waals surface area contributed by atoms with Crippen LogP contribution < -0.4 is 5.32 Å². The molecule has 2 aliphatic carbocycles. The number of nitrogens with one attached hydrogen (secondary N) is 1. The molecule has 31 heavy (non-hydrogen) atoms. The summed E-state index contributed by atoms with van der Waals surface area (Å²) in [6.07, 6.45) is 6.50. The van der Waals surface area contributed by atoms with E-state index in [0.717, 1.165) is 6.42 Å². The number of halogens is 2. The first-order chi connectivity index (χ1) is 14.7. The fourth-order valence-corrected chi connectivity index (χ4v) is 7.12. The number of benzene rings is 1. The van der Waals surface area contributed by atoms with Gasteiger partial charge in [0.1, 0.15) is 0 Å².